The Morgan fingerprint density at radius 3 is 2.16 bits per heavy atom. The molecule has 0 saturated carbocycles. The molecule has 0 bridgehead atoms. The van der Waals surface area contributed by atoms with Gasteiger partial charge in [-0.3, -0.25) is 4.79 Å². The van der Waals surface area contributed by atoms with Crippen molar-refractivity contribution in [1.82, 2.24) is 5.43 Å². The molecule has 0 saturated heterocycles. The Kier molecular flexibility index (Phi) is 8.83. The molecule has 0 aromatic heterocycles. The Morgan fingerprint density at radius 2 is 1.46 bits per heavy atom. The molecule has 0 aliphatic heterocycles. The van der Waals surface area contributed by atoms with Crippen LogP contribution in [0.5, 0.6) is 11.5 Å². The van der Waals surface area contributed by atoms with E-state index in [1.807, 2.05) is 54.6 Å². The molecule has 0 fully saturated rings. The van der Waals surface area contributed by atoms with E-state index < -0.39 is 5.97 Å². The van der Waals surface area contributed by atoms with Crippen LogP contribution in [0.1, 0.15) is 27.0 Å². The number of halogens is 1. The molecular formula is C30H23ClN2O4. The highest BCUT2D eigenvalue weighted by molar-refractivity contribution is 6.30. The van der Waals surface area contributed by atoms with E-state index in [0.717, 1.165) is 16.7 Å². The Hall–Kier alpha value is -4.68. The minimum Gasteiger partial charge on any atom is -0.489 e. The predicted molar refractivity (Wildman–Crippen MR) is 145 cm³/mol. The van der Waals surface area contributed by atoms with Crippen molar-refractivity contribution in [3.63, 3.8) is 0 Å². The maximum Gasteiger partial charge on any atom is 0.336 e. The lowest BCUT2D eigenvalue weighted by Crippen LogP contribution is -2.17. The second-order valence-electron chi connectivity index (χ2n) is 7.87. The number of ether oxygens (including phenoxy) is 2. The topological polar surface area (TPSA) is 77.0 Å². The summed E-state index contributed by atoms with van der Waals surface area (Å²) in [4.78, 5) is 24.3. The highest BCUT2D eigenvalue weighted by atomic mass is 35.5. The van der Waals surface area contributed by atoms with Gasteiger partial charge >= 0.3 is 5.97 Å². The van der Waals surface area contributed by atoms with Gasteiger partial charge in [-0.1, -0.05) is 54.1 Å². The minimum atomic E-state index is -0.473. The number of hydrogen-bond donors (Lipinski definition) is 1. The molecular weight excluding hydrogens is 488 g/mol. The maximum atomic E-state index is 12.4. The summed E-state index contributed by atoms with van der Waals surface area (Å²) in [6, 6.07) is 30.4. The van der Waals surface area contributed by atoms with Crippen LogP contribution >= 0.6 is 11.6 Å². The quantitative estimate of drug-likeness (QED) is 0.0942. The van der Waals surface area contributed by atoms with Gasteiger partial charge in [0.25, 0.3) is 5.91 Å². The zero-order valence-corrected chi connectivity index (χ0v) is 20.5. The first-order valence-electron chi connectivity index (χ1n) is 11.4. The van der Waals surface area contributed by atoms with Gasteiger partial charge in [0.1, 0.15) is 18.1 Å². The number of amides is 1. The third kappa shape index (κ3) is 8.19. The second-order valence-corrected chi connectivity index (χ2v) is 8.31. The minimum absolute atomic E-state index is 0.351. The summed E-state index contributed by atoms with van der Waals surface area (Å²) in [5, 5.41) is 4.66. The number of hydrazone groups is 1. The van der Waals surface area contributed by atoms with E-state index in [1.54, 1.807) is 54.6 Å². The van der Waals surface area contributed by atoms with Crippen molar-refractivity contribution in [2.75, 3.05) is 0 Å². The lowest BCUT2D eigenvalue weighted by Gasteiger charge is -2.07. The van der Waals surface area contributed by atoms with Crippen molar-refractivity contribution in [3.05, 3.63) is 136 Å². The highest BCUT2D eigenvalue weighted by Gasteiger charge is 2.05. The molecule has 0 radical (unpaired) electrons. The third-order valence-corrected chi connectivity index (χ3v) is 5.38. The van der Waals surface area contributed by atoms with Gasteiger partial charge in [0.15, 0.2) is 0 Å². The van der Waals surface area contributed by atoms with Crippen LogP contribution in [0.15, 0.2) is 114 Å². The molecule has 0 atom stereocenters. The van der Waals surface area contributed by atoms with Crippen LogP contribution in [0.2, 0.25) is 5.02 Å². The van der Waals surface area contributed by atoms with Gasteiger partial charge in [-0.05, 0) is 83.4 Å². The van der Waals surface area contributed by atoms with Crippen molar-refractivity contribution in [1.29, 1.82) is 0 Å². The number of esters is 1. The van der Waals surface area contributed by atoms with E-state index >= 15 is 0 Å². The SMILES string of the molecule is O=C(/C=C/c1ccccc1)Oc1ccc(/C=N\NC(=O)c2ccc(OCc3ccc(Cl)cc3)cc2)cc1. The lowest BCUT2D eigenvalue weighted by atomic mass is 10.2. The molecule has 4 aromatic carbocycles. The Balaban J connectivity index is 1.23. The fourth-order valence-electron chi connectivity index (χ4n) is 3.18. The smallest absolute Gasteiger partial charge is 0.336 e. The molecule has 1 amide bonds. The molecule has 0 aliphatic rings. The molecule has 7 heteroatoms. The Labute approximate surface area is 219 Å². The molecule has 37 heavy (non-hydrogen) atoms. The normalized spacial score (nSPS) is 10.9. The van der Waals surface area contributed by atoms with Gasteiger partial charge in [0, 0.05) is 16.7 Å². The average Bonchev–Trinajstić information content (AvgIpc) is 2.93. The molecule has 0 heterocycles. The fraction of sp³-hybridized carbons (Fsp3) is 0.0333. The molecule has 0 aliphatic carbocycles. The molecule has 4 aromatic rings. The van der Waals surface area contributed by atoms with Crippen LogP contribution in [-0.2, 0) is 11.4 Å². The van der Waals surface area contributed by atoms with Crippen LogP contribution in [0, 0.1) is 0 Å². The molecule has 184 valence electrons. The predicted octanol–water partition coefficient (Wildman–Crippen LogP) is 6.30. The molecule has 1 N–H and O–H groups in total. The van der Waals surface area contributed by atoms with Crippen LogP contribution in [0.3, 0.4) is 0 Å². The second kappa shape index (κ2) is 12.9. The summed E-state index contributed by atoms with van der Waals surface area (Å²) in [5.74, 6) is 0.226. The van der Waals surface area contributed by atoms with Gasteiger partial charge in [-0.2, -0.15) is 5.10 Å². The number of nitrogens with zero attached hydrogens (tertiary/aromatic N) is 1. The number of benzene rings is 4. The van der Waals surface area contributed by atoms with Crippen LogP contribution in [0.4, 0.5) is 0 Å². The van der Waals surface area contributed by atoms with E-state index in [4.69, 9.17) is 21.1 Å². The summed E-state index contributed by atoms with van der Waals surface area (Å²) < 4.78 is 11.0. The number of rotatable bonds is 9. The van der Waals surface area contributed by atoms with E-state index in [-0.39, 0.29) is 5.91 Å². The average molecular weight is 511 g/mol. The van der Waals surface area contributed by atoms with Crippen molar-refractivity contribution in [2.24, 2.45) is 5.10 Å². The van der Waals surface area contributed by atoms with E-state index in [1.165, 1.54) is 12.3 Å². The van der Waals surface area contributed by atoms with E-state index in [9.17, 15) is 9.59 Å². The van der Waals surface area contributed by atoms with Crippen molar-refractivity contribution < 1.29 is 19.1 Å². The number of hydrogen-bond acceptors (Lipinski definition) is 5. The largest absolute Gasteiger partial charge is 0.489 e. The summed E-state index contributed by atoms with van der Waals surface area (Å²) in [6.45, 7) is 0.398. The van der Waals surface area contributed by atoms with Gasteiger partial charge in [0.2, 0.25) is 0 Å². The fourth-order valence-corrected chi connectivity index (χ4v) is 3.31. The summed E-state index contributed by atoms with van der Waals surface area (Å²) in [5.41, 5.74) is 5.57. The maximum absolute atomic E-state index is 12.4. The van der Waals surface area contributed by atoms with Crippen LogP contribution in [-0.4, -0.2) is 18.1 Å². The van der Waals surface area contributed by atoms with E-state index in [2.05, 4.69) is 10.5 Å². The summed E-state index contributed by atoms with van der Waals surface area (Å²) in [6.07, 6.45) is 4.56. The van der Waals surface area contributed by atoms with Crippen LogP contribution < -0.4 is 14.9 Å². The zero-order chi connectivity index (χ0) is 25.9. The van der Waals surface area contributed by atoms with Crippen LogP contribution in [0.25, 0.3) is 6.08 Å². The first kappa shape index (κ1) is 25.4. The number of nitrogens with one attached hydrogen (secondary N) is 1. The van der Waals surface area contributed by atoms with Gasteiger partial charge < -0.3 is 9.47 Å². The molecule has 0 unspecified atom stereocenters. The van der Waals surface area contributed by atoms with Crippen molar-refractivity contribution >= 4 is 35.8 Å². The molecule has 6 nitrogen and oxygen atoms in total. The van der Waals surface area contributed by atoms with Crippen molar-refractivity contribution in [2.45, 2.75) is 6.61 Å². The summed E-state index contributed by atoms with van der Waals surface area (Å²) in [7, 11) is 0. The monoisotopic (exact) mass is 510 g/mol. The van der Waals surface area contributed by atoms with Gasteiger partial charge in [-0.15, -0.1) is 0 Å². The van der Waals surface area contributed by atoms with Gasteiger partial charge in [-0.25, -0.2) is 10.2 Å². The zero-order valence-electron chi connectivity index (χ0n) is 19.7. The Morgan fingerprint density at radius 1 is 0.784 bits per heavy atom. The molecule has 4 rings (SSSR count). The number of carbonyl (C=O) groups is 2. The third-order valence-electron chi connectivity index (χ3n) is 5.12. The van der Waals surface area contributed by atoms with Gasteiger partial charge in [0.05, 0.1) is 6.21 Å². The van der Waals surface area contributed by atoms with E-state index in [0.29, 0.717) is 28.7 Å². The highest BCUT2D eigenvalue weighted by Crippen LogP contribution is 2.16. The lowest BCUT2D eigenvalue weighted by molar-refractivity contribution is -0.128. The standard InChI is InChI=1S/C30H23ClN2O4/c31-26-13-6-24(7-14-26)21-36-27-17-11-25(12-18-27)30(35)33-32-20-23-8-15-28(16-9-23)37-29(34)19-10-22-4-2-1-3-5-22/h1-20H,21H2,(H,33,35)/b19-10+,32-20-. The Bertz CT molecular complexity index is 1380. The van der Waals surface area contributed by atoms with Crippen molar-refractivity contribution in [3.8, 4) is 11.5 Å². The summed E-state index contributed by atoms with van der Waals surface area (Å²) >= 11 is 5.89. The number of carbonyl (C=O) groups excluding carboxylic acids is 2. The first-order valence-corrected chi connectivity index (χ1v) is 11.8. The first-order chi connectivity index (χ1) is 18.0. The molecule has 0 spiro atoms.